The lowest BCUT2D eigenvalue weighted by molar-refractivity contribution is 0.409. The molecule has 0 aliphatic heterocycles. The van der Waals surface area contributed by atoms with Gasteiger partial charge in [-0.25, -0.2) is 0 Å². The number of hydrogen-bond acceptors (Lipinski definition) is 2. The number of halogens is 2. The topological polar surface area (TPSA) is 12.5 Å². The fraction of sp³-hybridized carbons (Fsp3) is 0.250. The molecule has 0 unspecified atom stereocenters. The van der Waals surface area contributed by atoms with Crippen molar-refractivity contribution in [2.24, 2.45) is 0 Å². The second kappa shape index (κ2) is 7.00. The first-order chi connectivity index (χ1) is 9.65. The molecule has 0 fully saturated rings. The summed E-state index contributed by atoms with van der Waals surface area (Å²) in [4.78, 5) is 2.12. The fourth-order valence-corrected chi connectivity index (χ4v) is 2.81. The van der Waals surface area contributed by atoms with E-state index in [-0.39, 0.29) is 0 Å². The lowest BCUT2D eigenvalue weighted by Gasteiger charge is -2.22. The second-order valence-electron chi connectivity index (χ2n) is 4.59. The third-order valence-electron chi connectivity index (χ3n) is 3.18. The van der Waals surface area contributed by atoms with Crippen molar-refractivity contribution in [3.05, 3.63) is 58.6 Å². The Balaban J connectivity index is 2.21. The summed E-state index contributed by atoms with van der Waals surface area (Å²) in [6.07, 6.45) is 0. The van der Waals surface area contributed by atoms with E-state index >= 15 is 0 Å². The molecule has 0 atom stereocenters. The van der Waals surface area contributed by atoms with Gasteiger partial charge in [0.1, 0.15) is 5.75 Å². The number of para-hydroxylation sites is 1. The van der Waals surface area contributed by atoms with E-state index in [1.807, 2.05) is 37.4 Å². The first-order valence-electron chi connectivity index (χ1n) is 6.33. The highest BCUT2D eigenvalue weighted by molar-refractivity contribution is 9.08. The van der Waals surface area contributed by atoms with Crippen LogP contribution in [-0.2, 0) is 11.9 Å². The summed E-state index contributed by atoms with van der Waals surface area (Å²) in [5, 5.41) is 1.57. The van der Waals surface area contributed by atoms with Gasteiger partial charge in [-0.05, 0) is 23.8 Å². The third kappa shape index (κ3) is 3.47. The number of anilines is 1. The summed E-state index contributed by atoms with van der Waals surface area (Å²) >= 11 is 9.79. The highest BCUT2D eigenvalue weighted by Gasteiger charge is 2.10. The maximum absolute atomic E-state index is 6.35. The van der Waals surface area contributed by atoms with Crippen molar-refractivity contribution in [3.8, 4) is 5.75 Å². The average Bonchev–Trinajstić information content (AvgIpc) is 2.47. The quantitative estimate of drug-likeness (QED) is 0.710. The van der Waals surface area contributed by atoms with E-state index in [1.54, 1.807) is 7.11 Å². The summed E-state index contributed by atoms with van der Waals surface area (Å²) in [5.41, 5.74) is 3.32. The molecule has 0 saturated heterocycles. The Morgan fingerprint density at radius 3 is 2.60 bits per heavy atom. The summed E-state index contributed by atoms with van der Waals surface area (Å²) < 4.78 is 5.38. The van der Waals surface area contributed by atoms with E-state index in [0.29, 0.717) is 0 Å². The number of methoxy groups -OCH3 is 1. The van der Waals surface area contributed by atoms with Crippen molar-refractivity contribution in [1.82, 2.24) is 0 Å². The minimum Gasteiger partial charge on any atom is -0.496 e. The lowest BCUT2D eigenvalue weighted by atomic mass is 10.1. The molecule has 2 rings (SSSR count). The van der Waals surface area contributed by atoms with Crippen LogP contribution in [-0.4, -0.2) is 14.2 Å². The zero-order chi connectivity index (χ0) is 14.5. The molecule has 2 aromatic carbocycles. The largest absolute Gasteiger partial charge is 0.496 e. The number of hydrogen-bond donors (Lipinski definition) is 0. The first kappa shape index (κ1) is 15.2. The molecule has 0 bridgehead atoms. The molecule has 0 saturated carbocycles. The monoisotopic (exact) mass is 353 g/mol. The van der Waals surface area contributed by atoms with Crippen LogP contribution in [0, 0.1) is 0 Å². The van der Waals surface area contributed by atoms with Gasteiger partial charge in [0.25, 0.3) is 0 Å². The Kier molecular flexibility index (Phi) is 5.32. The average molecular weight is 355 g/mol. The number of benzene rings is 2. The van der Waals surface area contributed by atoms with Crippen LogP contribution in [0.3, 0.4) is 0 Å². The van der Waals surface area contributed by atoms with Crippen LogP contribution in [0.25, 0.3) is 0 Å². The molecule has 2 aromatic rings. The summed E-state index contributed by atoms with van der Waals surface area (Å²) in [7, 11) is 3.72. The molecule has 0 spiro atoms. The summed E-state index contributed by atoms with van der Waals surface area (Å²) in [5.74, 6) is 0.896. The molecule has 0 N–H and O–H groups in total. The molecule has 106 valence electrons. The minimum atomic E-state index is 0.747. The SMILES string of the molecule is COc1ccccc1CN(C)c1ccc(CBr)cc1Cl. The van der Waals surface area contributed by atoms with Crippen molar-refractivity contribution in [1.29, 1.82) is 0 Å². The first-order valence-corrected chi connectivity index (χ1v) is 7.83. The molecular weight excluding hydrogens is 338 g/mol. The Labute approximate surface area is 133 Å². The van der Waals surface area contributed by atoms with Crippen LogP contribution < -0.4 is 9.64 Å². The van der Waals surface area contributed by atoms with Crippen LogP contribution in [0.4, 0.5) is 5.69 Å². The molecular formula is C16H17BrClNO. The molecule has 0 amide bonds. The normalized spacial score (nSPS) is 10.4. The lowest BCUT2D eigenvalue weighted by Crippen LogP contribution is -2.17. The van der Waals surface area contributed by atoms with Gasteiger partial charge in [0.05, 0.1) is 17.8 Å². The molecule has 4 heteroatoms. The fourth-order valence-electron chi connectivity index (χ4n) is 2.12. The van der Waals surface area contributed by atoms with Gasteiger partial charge in [0.15, 0.2) is 0 Å². The highest BCUT2D eigenvalue weighted by atomic mass is 79.9. The predicted molar refractivity (Wildman–Crippen MR) is 89.2 cm³/mol. The summed E-state index contributed by atoms with van der Waals surface area (Å²) in [6.45, 7) is 0.747. The van der Waals surface area contributed by atoms with E-state index in [0.717, 1.165) is 33.9 Å². The van der Waals surface area contributed by atoms with Crippen LogP contribution in [0.2, 0.25) is 5.02 Å². The van der Waals surface area contributed by atoms with Gasteiger partial charge < -0.3 is 9.64 Å². The maximum Gasteiger partial charge on any atom is 0.123 e. The zero-order valence-electron chi connectivity index (χ0n) is 11.6. The van der Waals surface area contributed by atoms with E-state index < -0.39 is 0 Å². The van der Waals surface area contributed by atoms with Crippen LogP contribution in [0.5, 0.6) is 5.75 Å². The number of alkyl halides is 1. The number of nitrogens with zero attached hydrogens (tertiary/aromatic N) is 1. The molecule has 0 heterocycles. The Morgan fingerprint density at radius 2 is 1.95 bits per heavy atom. The van der Waals surface area contributed by atoms with E-state index in [9.17, 15) is 0 Å². The van der Waals surface area contributed by atoms with Crippen molar-refractivity contribution in [2.75, 3.05) is 19.1 Å². The van der Waals surface area contributed by atoms with Gasteiger partial charge in [0, 0.05) is 24.5 Å². The van der Waals surface area contributed by atoms with E-state index in [1.165, 1.54) is 5.56 Å². The third-order valence-corrected chi connectivity index (χ3v) is 4.13. The molecule has 0 aliphatic rings. The van der Waals surface area contributed by atoms with Gasteiger partial charge in [-0.3, -0.25) is 0 Å². The van der Waals surface area contributed by atoms with Crippen molar-refractivity contribution in [2.45, 2.75) is 11.9 Å². The van der Waals surface area contributed by atoms with E-state index in [4.69, 9.17) is 16.3 Å². The smallest absolute Gasteiger partial charge is 0.123 e. The number of rotatable bonds is 5. The van der Waals surface area contributed by atoms with Crippen LogP contribution >= 0.6 is 27.5 Å². The van der Waals surface area contributed by atoms with Gasteiger partial charge in [-0.2, -0.15) is 0 Å². The highest BCUT2D eigenvalue weighted by Crippen LogP contribution is 2.29. The second-order valence-corrected chi connectivity index (χ2v) is 5.56. The molecule has 0 aromatic heterocycles. The maximum atomic E-state index is 6.35. The van der Waals surface area contributed by atoms with Crippen molar-refractivity contribution < 1.29 is 4.74 Å². The Bertz CT molecular complexity index is 588. The minimum absolute atomic E-state index is 0.747. The standard InChI is InChI=1S/C16H17BrClNO/c1-19(11-13-5-3-4-6-16(13)20-2)15-8-7-12(10-17)9-14(15)18/h3-9H,10-11H2,1-2H3. The van der Waals surface area contributed by atoms with Crippen molar-refractivity contribution in [3.63, 3.8) is 0 Å². The van der Waals surface area contributed by atoms with Gasteiger partial charge in [0.2, 0.25) is 0 Å². The molecule has 0 aliphatic carbocycles. The van der Waals surface area contributed by atoms with Gasteiger partial charge >= 0.3 is 0 Å². The molecule has 20 heavy (non-hydrogen) atoms. The predicted octanol–water partition coefficient (Wildman–Crippen LogP) is 4.88. The van der Waals surface area contributed by atoms with Gasteiger partial charge in [-0.1, -0.05) is 51.8 Å². The molecule has 0 radical (unpaired) electrons. The zero-order valence-corrected chi connectivity index (χ0v) is 13.9. The summed E-state index contributed by atoms with van der Waals surface area (Å²) in [6, 6.07) is 14.1. The Hall–Kier alpha value is -1.19. The van der Waals surface area contributed by atoms with Gasteiger partial charge in [-0.15, -0.1) is 0 Å². The molecule has 2 nitrogen and oxygen atoms in total. The number of ether oxygens (including phenoxy) is 1. The van der Waals surface area contributed by atoms with Crippen LogP contribution in [0.15, 0.2) is 42.5 Å². The Morgan fingerprint density at radius 1 is 1.20 bits per heavy atom. The van der Waals surface area contributed by atoms with Crippen molar-refractivity contribution >= 4 is 33.2 Å². The van der Waals surface area contributed by atoms with E-state index in [2.05, 4.69) is 33.0 Å². The van der Waals surface area contributed by atoms with Crippen LogP contribution in [0.1, 0.15) is 11.1 Å².